The molecule has 16 heavy (non-hydrogen) atoms. The Hall–Kier alpha value is -1.02. The van der Waals surface area contributed by atoms with E-state index in [0.717, 1.165) is 6.61 Å². The van der Waals surface area contributed by atoms with E-state index >= 15 is 0 Å². The van der Waals surface area contributed by atoms with E-state index in [1.165, 1.54) is 37.9 Å². The maximum absolute atomic E-state index is 5.85. The predicted octanol–water partition coefficient (Wildman–Crippen LogP) is 2.83. The molecule has 3 rings (SSSR count). The van der Waals surface area contributed by atoms with Gasteiger partial charge in [-0.15, -0.1) is 0 Å². The second-order valence-electron chi connectivity index (χ2n) is 4.79. The fourth-order valence-electron chi connectivity index (χ4n) is 3.03. The third-order valence-corrected chi connectivity index (χ3v) is 3.78. The Kier molecular flexibility index (Phi) is 2.83. The van der Waals surface area contributed by atoms with E-state index < -0.39 is 0 Å². The van der Waals surface area contributed by atoms with Gasteiger partial charge in [0.2, 0.25) is 0 Å². The molecule has 2 aliphatic rings. The van der Waals surface area contributed by atoms with Crippen molar-refractivity contribution in [3.8, 4) is 0 Å². The first-order valence-electron chi connectivity index (χ1n) is 6.38. The maximum atomic E-state index is 5.85. The summed E-state index contributed by atoms with van der Waals surface area (Å²) in [5, 5.41) is 0. The predicted molar refractivity (Wildman–Crippen MR) is 65.8 cm³/mol. The molecule has 1 aromatic rings. The average Bonchev–Trinajstić information content (AvgIpc) is 3.01. The van der Waals surface area contributed by atoms with E-state index in [-0.39, 0.29) is 0 Å². The molecule has 2 heterocycles. The molecule has 0 spiro atoms. The van der Waals surface area contributed by atoms with Crippen LogP contribution in [0.25, 0.3) is 0 Å². The largest absolute Gasteiger partial charge is 0.376 e. The van der Waals surface area contributed by atoms with Gasteiger partial charge in [-0.3, -0.25) is 0 Å². The summed E-state index contributed by atoms with van der Waals surface area (Å²) in [6.07, 6.45) is 5.55. The van der Waals surface area contributed by atoms with E-state index in [0.29, 0.717) is 12.1 Å². The minimum atomic E-state index is 0.475. The summed E-state index contributed by atoms with van der Waals surface area (Å²) in [5.74, 6) is 0. The van der Waals surface area contributed by atoms with Gasteiger partial charge in [0, 0.05) is 18.8 Å². The topological polar surface area (TPSA) is 12.5 Å². The van der Waals surface area contributed by atoms with Crippen molar-refractivity contribution in [2.24, 2.45) is 0 Å². The Labute approximate surface area is 97.2 Å². The average molecular weight is 217 g/mol. The van der Waals surface area contributed by atoms with Gasteiger partial charge in [0.1, 0.15) is 0 Å². The Balaban J connectivity index is 1.78. The highest BCUT2D eigenvalue weighted by atomic mass is 16.5. The molecule has 2 saturated heterocycles. The molecule has 2 fully saturated rings. The molecule has 0 amide bonds. The highest BCUT2D eigenvalue weighted by molar-refractivity contribution is 5.48. The van der Waals surface area contributed by atoms with Gasteiger partial charge >= 0.3 is 0 Å². The lowest BCUT2D eigenvalue weighted by Crippen LogP contribution is -2.38. The van der Waals surface area contributed by atoms with Crippen molar-refractivity contribution >= 4 is 5.69 Å². The normalized spacial score (nSPS) is 29.9. The van der Waals surface area contributed by atoms with E-state index in [1.807, 2.05) is 0 Å². The molecule has 2 aliphatic heterocycles. The Morgan fingerprint density at radius 1 is 1.06 bits per heavy atom. The van der Waals surface area contributed by atoms with Crippen LogP contribution in [-0.4, -0.2) is 25.3 Å². The number of anilines is 1. The Bertz CT molecular complexity index is 332. The lowest BCUT2D eigenvalue weighted by Gasteiger charge is -2.30. The van der Waals surface area contributed by atoms with Crippen molar-refractivity contribution in [1.82, 2.24) is 0 Å². The smallest absolute Gasteiger partial charge is 0.0779 e. The third kappa shape index (κ3) is 1.82. The van der Waals surface area contributed by atoms with Crippen molar-refractivity contribution < 1.29 is 4.74 Å². The molecule has 1 aromatic carbocycles. The molecule has 0 saturated carbocycles. The standard InChI is InChI=1S/C14H19NO/c1-2-6-12(7-3-1)15-10-4-8-13(15)14-9-5-11-16-14/h1-3,6-7,13-14H,4-5,8-11H2. The van der Waals surface area contributed by atoms with Crippen LogP contribution < -0.4 is 4.90 Å². The van der Waals surface area contributed by atoms with Gasteiger partial charge < -0.3 is 9.64 Å². The first-order chi connectivity index (χ1) is 7.95. The zero-order chi connectivity index (χ0) is 10.8. The summed E-state index contributed by atoms with van der Waals surface area (Å²) >= 11 is 0. The summed E-state index contributed by atoms with van der Waals surface area (Å²) in [7, 11) is 0. The minimum Gasteiger partial charge on any atom is -0.376 e. The zero-order valence-electron chi connectivity index (χ0n) is 9.64. The van der Waals surface area contributed by atoms with Crippen LogP contribution in [0.3, 0.4) is 0 Å². The lowest BCUT2D eigenvalue weighted by atomic mass is 10.1. The molecule has 2 unspecified atom stereocenters. The van der Waals surface area contributed by atoms with Gasteiger partial charge in [-0.1, -0.05) is 18.2 Å². The van der Waals surface area contributed by atoms with Gasteiger partial charge in [-0.25, -0.2) is 0 Å². The van der Waals surface area contributed by atoms with Crippen molar-refractivity contribution in [3.05, 3.63) is 30.3 Å². The number of hydrogen-bond donors (Lipinski definition) is 0. The number of benzene rings is 1. The second kappa shape index (κ2) is 4.46. The quantitative estimate of drug-likeness (QED) is 0.755. The molecule has 0 radical (unpaired) electrons. The molecule has 0 aliphatic carbocycles. The number of hydrogen-bond acceptors (Lipinski definition) is 2. The van der Waals surface area contributed by atoms with Gasteiger partial charge in [0.05, 0.1) is 12.1 Å². The summed E-state index contributed by atoms with van der Waals surface area (Å²) < 4.78 is 5.85. The molecule has 86 valence electrons. The van der Waals surface area contributed by atoms with Gasteiger partial charge in [0.15, 0.2) is 0 Å². The SMILES string of the molecule is c1ccc(N2CCCC2C2CCCO2)cc1. The van der Waals surface area contributed by atoms with Crippen LogP contribution in [0.2, 0.25) is 0 Å². The molecule has 2 nitrogen and oxygen atoms in total. The van der Waals surface area contributed by atoms with Crippen LogP contribution in [0, 0.1) is 0 Å². The van der Waals surface area contributed by atoms with Crippen LogP contribution in [0.15, 0.2) is 30.3 Å². The van der Waals surface area contributed by atoms with Gasteiger partial charge in [-0.2, -0.15) is 0 Å². The van der Waals surface area contributed by atoms with Crippen LogP contribution >= 0.6 is 0 Å². The van der Waals surface area contributed by atoms with E-state index in [1.54, 1.807) is 0 Å². The molecule has 0 N–H and O–H groups in total. The minimum absolute atomic E-state index is 0.475. The molecule has 2 atom stereocenters. The van der Waals surface area contributed by atoms with Crippen LogP contribution in [0.1, 0.15) is 25.7 Å². The number of ether oxygens (including phenoxy) is 1. The zero-order valence-corrected chi connectivity index (χ0v) is 9.64. The van der Waals surface area contributed by atoms with Gasteiger partial charge in [0.25, 0.3) is 0 Å². The van der Waals surface area contributed by atoms with Crippen LogP contribution in [-0.2, 0) is 4.74 Å². The summed E-state index contributed by atoms with van der Waals surface area (Å²) in [6, 6.07) is 11.4. The Morgan fingerprint density at radius 2 is 1.94 bits per heavy atom. The fourth-order valence-corrected chi connectivity index (χ4v) is 3.03. The molecule has 2 heteroatoms. The van der Waals surface area contributed by atoms with Crippen LogP contribution in [0.5, 0.6) is 0 Å². The summed E-state index contributed by atoms with van der Waals surface area (Å²) in [6.45, 7) is 2.15. The van der Waals surface area contributed by atoms with E-state index in [9.17, 15) is 0 Å². The Morgan fingerprint density at radius 3 is 2.69 bits per heavy atom. The fraction of sp³-hybridized carbons (Fsp3) is 0.571. The first kappa shape index (κ1) is 10.2. The van der Waals surface area contributed by atoms with Crippen molar-refractivity contribution in [2.75, 3.05) is 18.1 Å². The second-order valence-corrected chi connectivity index (χ2v) is 4.79. The summed E-state index contributed by atoms with van der Waals surface area (Å²) in [5.41, 5.74) is 1.36. The van der Waals surface area contributed by atoms with Crippen molar-refractivity contribution in [3.63, 3.8) is 0 Å². The lowest BCUT2D eigenvalue weighted by molar-refractivity contribution is 0.0909. The van der Waals surface area contributed by atoms with Crippen molar-refractivity contribution in [1.29, 1.82) is 0 Å². The third-order valence-electron chi connectivity index (χ3n) is 3.78. The molecular formula is C14H19NO. The van der Waals surface area contributed by atoms with Crippen molar-refractivity contribution in [2.45, 2.75) is 37.8 Å². The number of para-hydroxylation sites is 1. The number of nitrogens with zero attached hydrogens (tertiary/aromatic N) is 1. The molecule has 0 bridgehead atoms. The van der Waals surface area contributed by atoms with E-state index in [2.05, 4.69) is 35.2 Å². The highest BCUT2D eigenvalue weighted by Crippen LogP contribution is 2.31. The highest BCUT2D eigenvalue weighted by Gasteiger charge is 2.34. The number of rotatable bonds is 2. The molecule has 0 aromatic heterocycles. The monoisotopic (exact) mass is 217 g/mol. The summed E-state index contributed by atoms with van der Waals surface area (Å²) in [4.78, 5) is 2.54. The molecular weight excluding hydrogens is 198 g/mol. The van der Waals surface area contributed by atoms with E-state index in [4.69, 9.17) is 4.74 Å². The van der Waals surface area contributed by atoms with Crippen LogP contribution in [0.4, 0.5) is 5.69 Å². The van der Waals surface area contributed by atoms with Gasteiger partial charge in [-0.05, 0) is 37.8 Å². The first-order valence-corrected chi connectivity index (χ1v) is 6.38. The maximum Gasteiger partial charge on any atom is 0.0779 e.